The van der Waals surface area contributed by atoms with Crippen LogP contribution in [0.5, 0.6) is 0 Å². The van der Waals surface area contributed by atoms with Gasteiger partial charge in [0.15, 0.2) is 5.58 Å². The summed E-state index contributed by atoms with van der Waals surface area (Å²) < 4.78 is 18.9. The highest BCUT2D eigenvalue weighted by Gasteiger charge is 2.11. The molecule has 2 nitrogen and oxygen atoms in total. The van der Waals surface area contributed by atoms with Crippen molar-refractivity contribution in [1.29, 1.82) is 0 Å². The number of aromatic nitrogens is 1. The molecule has 0 bridgehead atoms. The minimum absolute atomic E-state index is 0.0295. The summed E-state index contributed by atoms with van der Waals surface area (Å²) in [5.41, 5.74) is 2.65. The molecule has 0 fully saturated rings. The second kappa shape index (κ2) is 4.83. The average Bonchev–Trinajstić information content (AvgIpc) is 2.82. The highest BCUT2D eigenvalue weighted by Crippen LogP contribution is 2.28. The predicted octanol–water partition coefficient (Wildman–Crippen LogP) is 5.03. The van der Waals surface area contributed by atoms with Gasteiger partial charge < -0.3 is 4.42 Å². The molecule has 0 N–H and O–H groups in total. The van der Waals surface area contributed by atoms with E-state index in [1.54, 1.807) is 0 Å². The topological polar surface area (TPSA) is 26.0 Å². The molecule has 1 aromatic heterocycles. The van der Waals surface area contributed by atoms with E-state index in [0.717, 1.165) is 11.1 Å². The second-order valence-corrected chi connectivity index (χ2v) is 4.76. The molecule has 19 heavy (non-hydrogen) atoms. The van der Waals surface area contributed by atoms with E-state index in [4.69, 9.17) is 27.6 Å². The van der Waals surface area contributed by atoms with Crippen molar-refractivity contribution in [2.45, 2.75) is 5.88 Å². The lowest BCUT2D eigenvalue weighted by molar-refractivity contribution is 0.602. The number of hydrogen-bond acceptors (Lipinski definition) is 2. The fourth-order valence-corrected chi connectivity index (χ4v) is 2.16. The minimum Gasteiger partial charge on any atom is -0.436 e. The van der Waals surface area contributed by atoms with Gasteiger partial charge in [0, 0.05) is 17.5 Å². The Morgan fingerprint density at radius 3 is 2.84 bits per heavy atom. The van der Waals surface area contributed by atoms with E-state index in [2.05, 4.69) is 4.98 Å². The van der Waals surface area contributed by atoms with Gasteiger partial charge in [0.1, 0.15) is 11.3 Å². The predicted molar refractivity (Wildman–Crippen MR) is 74.0 cm³/mol. The molecule has 1 heterocycles. The van der Waals surface area contributed by atoms with Crippen molar-refractivity contribution in [3.05, 3.63) is 52.8 Å². The van der Waals surface area contributed by atoms with Gasteiger partial charge in [-0.15, -0.1) is 11.6 Å². The fraction of sp³-hybridized carbons (Fsp3) is 0.0714. The van der Waals surface area contributed by atoms with Crippen LogP contribution in [0.25, 0.3) is 22.6 Å². The standard InChI is InChI=1S/C14H8Cl2FNO/c15-7-8-2-1-3-9(4-8)14-18-12-5-10(16)11(17)6-13(12)19-14/h1-6H,7H2. The van der Waals surface area contributed by atoms with E-state index in [0.29, 0.717) is 22.9 Å². The highest BCUT2D eigenvalue weighted by molar-refractivity contribution is 6.31. The molecule has 0 saturated heterocycles. The van der Waals surface area contributed by atoms with Crippen LogP contribution in [0, 0.1) is 5.82 Å². The Morgan fingerprint density at radius 2 is 2.05 bits per heavy atom. The zero-order valence-corrected chi connectivity index (χ0v) is 11.2. The SMILES string of the molecule is Fc1cc2oc(-c3cccc(CCl)c3)nc2cc1Cl. The van der Waals surface area contributed by atoms with Crippen LogP contribution in [0.1, 0.15) is 5.56 Å². The van der Waals surface area contributed by atoms with Gasteiger partial charge in [-0.25, -0.2) is 9.37 Å². The van der Waals surface area contributed by atoms with Crippen LogP contribution in [0.2, 0.25) is 5.02 Å². The Balaban J connectivity index is 2.14. The van der Waals surface area contributed by atoms with Crippen LogP contribution >= 0.6 is 23.2 Å². The molecule has 96 valence electrons. The zero-order valence-electron chi connectivity index (χ0n) is 9.66. The summed E-state index contributed by atoms with van der Waals surface area (Å²) in [4.78, 5) is 4.30. The molecule has 0 aliphatic heterocycles. The van der Waals surface area contributed by atoms with Crippen molar-refractivity contribution >= 4 is 34.3 Å². The molecule has 0 spiro atoms. The molecule has 0 atom stereocenters. The van der Waals surface area contributed by atoms with Crippen molar-refractivity contribution in [3.8, 4) is 11.5 Å². The lowest BCUT2D eigenvalue weighted by Crippen LogP contribution is -1.81. The molecular weight excluding hydrogens is 288 g/mol. The number of alkyl halides is 1. The van der Waals surface area contributed by atoms with Crippen LogP contribution < -0.4 is 0 Å². The van der Waals surface area contributed by atoms with E-state index >= 15 is 0 Å². The van der Waals surface area contributed by atoms with Gasteiger partial charge in [0.2, 0.25) is 5.89 Å². The van der Waals surface area contributed by atoms with Crippen molar-refractivity contribution in [1.82, 2.24) is 4.98 Å². The second-order valence-electron chi connectivity index (χ2n) is 4.09. The van der Waals surface area contributed by atoms with Crippen LogP contribution in [0.3, 0.4) is 0 Å². The van der Waals surface area contributed by atoms with Gasteiger partial charge in [-0.1, -0.05) is 23.7 Å². The molecule has 0 aliphatic carbocycles. The quantitative estimate of drug-likeness (QED) is 0.620. The molecule has 0 aliphatic rings. The first kappa shape index (κ1) is 12.5. The van der Waals surface area contributed by atoms with E-state index in [1.807, 2.05) is 24.3 Å². The van der Waals surface area contributed by atoms with Gasteiger partial charge >= 0.3 is 0 Å². The molecule has 2 aromatic carbocycles. The summed E-state index contributed by atoms with van der Waals surface area (Å²) in [6, 6.07) is 10.2. The molecule has 3 aromatic rings. The third kappa shape index (κ3) is 2.31. The van der Waals surface area contributed by atoms with E-state index in [1.165, 1.54) is 12.1 Å². The summed E-state index contributed by atoms with van der Waals surface area (Å²) in [6.07, 6.45) is 0. The maximum atomic E-state index is 13.3. The Bertz CT molecular complexity index is 715. The van der Waals surface area contributed by atoms with E-state index in [-0.39, 0.29) is 5.02 Å². The maximum absolute atomic E-state index is 13.3. The van der Waals surface area contributed by atoms with Gasteiger partial charge in [0.25, 0.3) is 0 Å². The monoisotopic (exact) mass is 295 g/mol. The first-order valence-electron chi connectivity index (χ1n) is 5.58. The Labute approximate surface area is 118 Å². The Kier molecular flexibility index (Phi) is 3.17. The smallest absolute Gasteiger partial charge is 0.227 e. The van der Waals surface area contributed by atoms with Crippen molar-refractivity contribution in [2.75, 3.05) is 0 Å². The molecule has 0 radical (unpaired) electrons. The van der Waals surface area contributed by atoms with Crippen LogP contribution in [0.15, 0.2) is 40.8 Å². The number of fused-ring (bicyclic) bond motifs is 1. The van der Waals surface area contributed by atoms with E-state index in [9.17, 15) is 4.39 Å². The average molecular weight is 296 g/mol. The molecule has 3 rings (SSSR count). The minimum atomic E-state index is -0.522. The first-order chi connectivity index (χ1) is 9.17. The number of rotatable bonds is 2. The zero-order chi connectivity index (χ0) is 13.4. The van der Waals surface area contributed by atoms with Crippen molar-refractivity contribution in [3.63, 3.8) is 0 Å². The Hall–Kier alpha value is -1.58. The van der Waals surface area contributed by atoms with Gasteiger partial charge in [-0.2, -0.15) is 0 Å². The molecule has 0 unspecified atom stereocenters. The number of hydrogen-bond donors (Lipinski definition) is 0. The largest absolute Gasteiger partial charge is 0.436 e. The Morgan fingerprint density at radius 1 is 1.21 bits per heavy atom. The summed E-state index contributed by atoms with van der Waals surface area (Å²) in [5.74, 6) is 0.309. The number of nitrogens with zero attached hydrogens (tertiary/aromatic N) is 1. The number of halogens is 3. The summed E-state index contributed by atoms with van der Waals surface area (Å²) in [6.45, 7) is 0. The summed E-state index contributed by atoms with van der Waals surface area (Å²) in [5, 5.41) is 0.0295. The lowest BCUT2D eigenvalue weighted by Gasteiger charge is -1.97. The van der Waals surface area contributed by atoms with Gasteiger partial charge in [-0.3, -0.25) is 0 Å². The molecule has 0 saturated carbocycles. The van der Waals surface area contributed by atoms with Crippen molar-refractivity contribution < 1.29 is 8.81 Å². The fourth-order valence-electron chi connectivity index (χ4n) is 1.83. The van der Waals surface area contributed by atoms with Crippen LogP contribution in [-0.4, -0.2) is 4.98 Å². The molecular formula is C14H8Cl2FNO. The summed E-state index contributed by atoms with van der Waals surface area (Å²) in [7, 11) is 0. The van der Waals surface area contributed by atoms with Gasteiger partial charge in [-0.05, 0) is 23.8 Å². The third-order valence-electron chi connectivity index (χ3n) is 2.76. The van der Waals surface area contributed by atoms with Crippen LogP contribution in [-0.2, 0) is 5.88 Å². The van der Waals surface area contributed by atoms with E-state index < -0.39 is 5.82 Å². The number of benzene rings is 2. The molecule has 5 heteroatoms. The highest BCUT2D eigenvalue weighted by atomic mass is 35.5. The lowest BCUT2D eigenvalue weighted by atomic mass is 10.1. The third-order valence-corrected chi connectivity index (χ3v) is 3.36. The first-order valence-corrected chi connectivity index (χ1v) is 6.49. The number of oxazole rings is 1. The normalized spacial score (nSPS) is 11.1. The molecule has 0 amide bonds. The maximum Gasteiger partial charge on any atom is 0.227 e. The van der Waals surface area contributed by atoms with Crippen molar-refractivity contribution in [2.24, 2.45) is 0 Å². The van der Waals surface area contributed by atoms with Crippen LogP contribution in [0.4, 0.5) is 4.39 Å². The van der Waals surface area contributed by atoms with Gasteiger partial charge in [0.05, 0.1) is 5.02 Å². The summed E-state index contributed by atoms with van der Waals surface area (Å²) >= 11 is 11.5.